The summed E-state index contributed by atoms with van der Waals surface area (Å²) in [5.74, 6) is -0.892. The number of carbonyl (C=O) groups excluding carboxylic acids is 1. The number of carbonyl (C=O) groups is 2. The van der Waals surface area contributed by atoms with E-state index in [1.165, 1.54) is 28.0 Å². The molecule has 0 radical (unpaired) electrons. The first-order valence-electron chi connectivity index (χ1n) is 7.11. The number of nitrogens with two attached hydrogens (primary N) is 1. The van der Waals surface area contributed by atoms with Gasteiger partial charge in [0.1, 0.15) is 5.60 Å². The first kappa shape index (κ1) is 17.9. The third-order valence-electron chi connectivity index (χ3n) is 3.16. The van der Waals surface area contributed by atoms with Crippen LogP contribution in [0.5, 0.6) is 0 Å². The van der Waals surface area contributed by atoms with Crippen molar-refractivity contribution in [3.63, 3.8) is 0 Å². The van der Waals surface area contributed by atoms with Gasteiger partial charge in [-0.3, -0.25) is 4.79 Å². The van der Waals surface area contributed by atoms with Crippen LogP contribution in [0.4, 0.5) is 9.93 Å². The van der Waals surface area contributed by atoms with Crippen molar-refractivity contribution in [3.8, 4) is 0 Å². The van der Waals surface area contributed by atoms with Crippen molar-refractivity contribution in [3.05, 3.63) is 5.69 Å². The first-order chi connectivity index (χ1) is 10.5. The van der Waals surface area contributed by atoms with Crippen molar-refractivity contribution in [2.75, 3.05) is 18.8 Å². The molecular formula is C14H21N3O4S2. The summed E-state index contributed by atoms with van der Waals surface area (Å²) in [5.41, 5.74) is 5.92. The number of thioether (sulfide) groups is 1. The summed E-state index contributed by atoms with van der Waals surface area (Å²) in [6.07, 6.45) is -0.451. The molecule has 1 saturated heterocycles. The van der Waals surface area contributed by atoms with E-state index in [0.29, 0.717) is 18.2 Å². The minimum absolute atomic E-state index is 0.0335. The summed E-state index contributed by atoms with van der Waals surface area (Å²) < 4.78 is 5.65. The van der Waals surface area contributed by atoms with Gasteiger partial charge in [-0.1, -0.05) is 11.3 Å². The van der Waals surface area contributed by atoms with Gasteiger partial charge in [-0.15, -0.1) is 11.8 Å². The van der Waals surface area contributed by atoms with Gasteiger partial charge in [0.2, 0.25) is 0 Å². The lowest BCUT2D eigenvalue weighted by Crippen LogP contribution is -2.62. The molecular weight excluding hydrogens is 338 g/mol. The highest BCUT2D eigenvalue weighted by Gasteiger charge is 2.49. The van der Waals surface area contributed by atoms with E-state index >= 15 is 0 Å². The van der Waals surface area contributed by atoms with E-state index in [-0.39, 0.29) is 6.42 Å². The number of rotatable bonds is 4. The van der Waals surface area contributed by atoms with Crippen LogP contribution in [0.2, 0.25) is 0 Å². The highest BCUT2D eigenvalue weighted by molar-refractivity contribution is 8.02. The molecule has 0 spiro atoms. The number of amides is 1. The molecule has 0 atom stereocenters. The van der Waals surface area contributed by atoms with Gasteiger partial charge < -0.3 is 20.5 Å². The van der Waals surface area contributed by atoms with Crippen LogP contribution in [0.25, 0.3) is 0 Å². The normalized spacial score (nSPS) is 16.8. The van der Waals surface area contributed by atoms with Gasteiger partial charge in [0, 0.05) is 13.1 Å². The van der Waals surface area contributed by atoms with E-state index in [2.05, 4.69) is 4.98 Å². The number of hydrogen-bond donors (Lipinski definition) is 2. The van der Waals surface area contributed by atoms with Gasteiger partial charge in [-0.25, -0.2) is 9.78 Å². The monoisotopic (exact) mass is 359 g/mol. The summed E-state index contributed by atoms with van der Waals surface area (Å²) in [5, 5.41) is 9.65. The number of carboxylic acid groups (broad SMARTS) is 1. The molecule has 128 valence electrons. The molecule has 23 heavy (non-hydrogen) atoms. The van der Waals surface area contributed by atoms with Gasteiger partial charge in [0.25, 0.3) is 0 Å². The predicted octanol–water partition coefficient (Wildman–Crippen LogP) is 2.59. The van der Waals surface area contributed by atoms with Gasteiger partial charge >= 0.3 is 12.1 Å². The average Bonchev–Trinajstić information content (AvgIpc) is 2.60. The van der Waals surface area contributed by atoms with Crippen LogP contribution < -0.4 is 5.73 Å². The fourth-order valence-corrected chi connectivity index (χ4v) is 5.03. The van der Waals surface area contributed by atoms with E-state index in [0.717, 1.165) is 9.90 Å². The standard InChI is InChI=1S/C14H21N3O4S2/c1-8-10(22-11(15)16-8)23-14(5-9(18)19)6-17(7-14)12(20)21-13(2,3)4/h5-7H2,1-4H3,(H2,15,16)(H,18,19). The third kappa shape index (κ3) is 4.51. The second-order valence-electron chi connectivity index (χ2n) is 6.62. The number of aromatic nitrogens is 1. The van der Waals surface area contributed by atoms with Crippen molar-refractivity contribution in [2.24, 2.45) is 0 Å². The molecule has 7 nitrogen and oxygen atoms in total. The lowest BCUT2D eigenvalue weighted by molar-refractivity contribution is -0.138. The van der Waals surface area contributed by atoms with Gasteiger partial charge in [0.05, 0.1) is 21.1 Å². The van der Waals surface area contributed by atoms with Crippen LogP contribution in [-0.2, 0) is 9.53 Å². The summed E-state index contributed by atoms with van der Waals surface area (Å²) in [4.78, 5) is 29.0. The molecule has 2 rings (SSSR count). The quantitative estimate of drug-likeness (QED) is 0.851. The average molecular weight is 359 g/mol. The molecule has 9 heteroatoms. The van der Waals surface area contributed by atoms with Crippen LogP contribution >= 0.6 is 23.1 Å². The van der Waals surface area contributed by atoms with Crippen LogP contribution in [0.1, 0.15) is 32.9 Å². The predicted molar refractivity (Wildman–Crippen MR) is 89.9 cm³/mol. The number of likely N-dealkylation sites (tertiary alicyclic amines) is 1. The number of hydrogen-bond acceptors (Lipinski definition) is 7. The van der Waals surface area contributed by atoms with Crippen molar-refractivity contribution >= 4 is 40.3 Å². The maximum atomic E-state index is 12.1. The zero-order valence-electron chi connectivity index (χ0n) is 13.6. The molecule has 0 saturated carbocycles. The Labute approximate surface area is 143 Å². The van der Waals surface area contributed by atoms with Gasteiger partial charge in [-0.05, 0) is 27.7 Å². The number of thiazole rings is 1. The summed E-state index contributed by atoms with van der Waals surface area (Å²) in [6, 6.07) is 0. The zero-order chi connectivity index (χ0) is 17.4. The molecule has 1 aromatic heterocycles. The van der Waals surface area contributed by atoms with Crippen LogP contribution in [0, 0.1) is 6.92 Å². The van der Waals surface area contributed by atoms with E-state index < -0.39 is 22.4 Å². The number of carboxylic acids is 1. The number of ether oxygens (including phenoxy) is 1. The minimum Gasteiger partial charge on any atom is -0.481 e. The van der Waals surface area contributed by atoms with Crippen LogP contribution in [0.15, 0.2) is 4.21 Å². The Morgan fingerprint density at radius 2 is 2.09 bits per heavy atom. The lowest BCUT2D eigenvalue weighted by atomic mass is 9.95. The second-order valence-corrected chi connectivity index (χ2v) is 9.38. The largest absolute Gasteiger partial charge is 0.481 e. The zero-order valence-corrected chi connectivity index (χ0v) is 15.2. The molecule has 0 unspecified atom stereocenters. The molecule has 0 aromatic carbocycles. The molecule has 1 fully saturated rings. The van der Waals surface area contributed by atoms with Crippen molar-refractivity contribution < 1.29 is 19.4 Å². The Morgan fingerprint density at radius 3 is 2.52 bits per heavy atom. The molecule has 1 aromatic rings. The molecule has 2 heterocycles. The Kier molecular flexibility index (Phi) is 4.81. The van der Waals surface area contributed by atoms with E-state index in [1.54, 1.807) is 20.8 Å². The first-order valence-corrected chi connectivity index (χ1v) is 8.75. The SMILES string of the molecule is Cc1nc(N)sc1SC1(CC(=O)O)CN(C(=O)OC(C)(C)C)C1. The van der Waals surface area contributed by atoms with Gasteiger partial charge in [-0.2, -0.15) is 0 Å². The summed E-state index contributed by atoms with van der Waals surface area (Å²) in [7, 11) is 0. The fourth-order valence-electron chi connectivity index (χ4n) is 2.29. The number of nitrogens with zero attached hydrogens (tertiary/aromatic N) is 2. The Morgan fingerprint density at radius 1 is 1.48 bits per heavy atom. The summed E-state index contributed by atoms with van der Waals surface area (Å²) >= 11 is 2.78. The van der Waals surface area contributed by atoms with Crippen molar-refractivity contribution in [2.45, 2.75) is 48.7 Å². The smallest absolute Gasteiger partial charge is 0.410 e. The highest BCUT2D eigenvalue weighted by Crippen LogP contribution is 2.46. The maximum absolute atomic E-state index is 12.1. The summed E-state index contributed by atoms with van der Waals surface area (Å²) in [6.45, 7) is 7.90. The van der Waals surface area contributed by atoms with E-state index in [9.17, 15) is 14.7 Å². The topological polar surface area (TPSA) is 106 Å². The number of aryl methyl sites for hydroxylation is 1. The number of anilines is 1. The van der Waals surface area contributed by atoms with Crippen LogP contribution in [-0.4, -0.2) is 50.5 Å². The van der Waals surface area contributed by atoms with Crippen molar-refractivity contribution in [1.82, 2.24) is 9.88 Å². The molecule has 3 N–H and O–H groups in total. The highest BCUT2D eigenvalue weighted by atomic mass is 32.2. The lowest BCUT2D eigenvalue weighted by Gasteiger charge is -2.48. The molecule has 0 aliphatic carbocycles. The Hall–Kier alpha value is -1.48. The molecule has 1 aliphatic heterocycles. The van der Waals surface area contributed by atoms with Crippen molar-refractivity contribution in [1.29, 1.82) is 0 Å². The Balaban J connectivity index is 2.07. The second kappa shape index (κ2) is 6.20. The molecule has 0 bridgehead atoms. The minimum atomic E-state index is -0.892. The van der Waals surface area contributed by atoms with E-state index in [1.807, 2.05) is 6.92 Å². The molecule has 1 amide bonds. The third-order valence-corrected chi connectivity index (χ3v) is 5.76. The van der Waals surface area contributed by atoms with Crippen LogP contribution in [0.3, 0.4) is 0 Å². The number of aliphatic carboxylic acids is 1. The maximum Gasteiger partial charge on any atom is 0.410 e. The number of nitrogen functional groups attached to an aromatic ring is 1. The fraction of sp³-hybridized carbons (Fsp3) is 0.643. The molecule has 1 aliphatic rings. The Bertz CT molecular complexity index is 618. The van der Waals surface area contributed by atoms with E-state index in [4.69, 9.17) is 10.5 Å². The van der Waals surface area contributed by atoms with Gasteiger partial charge in [0.15, 0.2) is 5.13 Å².